The van der Waals surface area contributed by atoms with Gasteiger partial charge in [-0.25, -0.2) is 8.42 Å². The van der Waals surface area contributed by atoms with E-state index in [1.54, 1.807) is 12.1 Å². The van der Waals surface area contributed by atoms with E-state index in [4.69, 9.17) is 10.5 Å². The molecule has 0 amide bonds. The third-order valence-corrected chi connectivity index (χ3v) is 5.64. The molecule has 1 heterocycles. The van der Waals surface area contributed by atoms with Crippen LogP contribution in [0.15, 0.2) is 27.6 Å². The predicted octanol–water partition coefficient (Wildman–Crippen LogP) is 1.44. The molecule has 1 aromatic carbocycles. The summed E-state index contributed by atoms with van der Waals surface area (Å²) in [5.74, 6) is 0. The van der Waals surface area contributed by atoms with Crippen LogP contribution in [-0.4, -0.2) is 38.5 Å². The van der Waals surface area contributed by atoms with Gasteiger partial charge in [0.05, 0.1) is 17.6 Å². The molecule has 1 fully saturated rings. The molecule has 0 saturated carbocycles. The van der Waals surface area contributed by atoms with Crippen LogP contribution in [0, 0.1) is 0 Å². The van der Waals surface area contributed by atoms with Gasteiger partial charge in [0, 0.05) is 23.2 Å². The van der Waals surface area contributed by atoms with Crippen molar-refractivity contribution < 1.29 is 13.2 Å². The largest absolute Gasteiger partial charge is 0.399 e. The molecule has 1 atom stereocenters. The summed E-state index contributed by atoms with van der Waals surface area (Å²) in [7, 11) is -3.52. The average molecular weight is 335 g/mol. The van der Waals surface area contributed by atoms with E-state index in [1.165, 1.54) is 10.4 Å². The van der Waals surface area contributed by atoms with Gasteiger partial charge in [0.25, 0.3) is 0 Å². The summed E-state index contributed by atoms with van der Waals surface area (Å²) in [6, 6.07) is 4.77. The summed E-state index contributed by atoms with van der Waals surface area (Å²) in [6.07, 6.45) is -0.0895. The van der Waals surface area contributed by atoms with Gasteiger partial charge in [-0.15, -0.1) is 0 Å². The molecule has 1 aromatic rings. The van der Waals surface area contributed by atoms with E-state index in [0.29, 0.717) is 29.9 Å². The highest BCUT2D eigenvalue weighted by atomic mass is 79.9. The number of morpholine rings is 1. The van der Waals surface area contributed by atoms with Crippen LogP contribution >= 0.6 is 15.9 Å². The zero-order chi connectivity index (χ0) is 13.3. The highest BCUT2D eigenvalue weighted by Gasteiger charge is 2.30. The first-order valence-corrected chi connectivity index (χ1v) is 7.81. The van der Waals surface area contributed by atoms with Gasteiger partial charge in [0.2, 0.25) is 10.0 Å². The van der Waals surface area contributed by atoms with Crippen molar-refractivity contribution in [2.24, 2.45) is 0 Å². The van der Waals surface area contributed by atoms with E-state index in [-0.39, 0.29) is 11.0 Å². The lowest BCUT2D eigenvalue weighted by atomic mass is 10.3. The summed E-state index contributed by atoms with van der Waals surface area (Å²) in [4.78, 5) is 0.205. The number of rotatable bonds is 2. The quantitative estimate of drug-likeness (QED) is 0.830. The second-order valence-corrected chi connectivity index (χ2v) is 7.00. The van der Waals surface area contributed by atoms with Crippen LogP contribution in [0.2, 0.25) is 0 Å². The molecule has 2 rings (SSSR count). The molecule has 0 aliphatic carbocycles. The Morgan fingerprint density at radius 1 is 1.50 bits per heavy atom. The van der Waals surface area contributed by atoms with Gasteiger partial charge < -0.3 is 10.5 Å². The number of anilines is 1. The molecule has 0 spiro atoms. The van der Waals surface area contributed by atoms with Gasteiger partial charge in [-0.3, -0.25) is 0 Å². The van der Waals surface area contributed by atoms with Crippen molar-refractivity contribution in [3.8, 4) is 0 Å². The Kier molecular flexibility index (Phi) is 3.96. The smallest absolute Gasteiger partial charge is 0.244 e. The first-order chi connectivity index (χ1) is 8.41. The first kappa shape index (κ1) is 13.8. The van der Waals surface area contributed by atoms with Gasteiger partial charge in [-0.2, -0.15) is 4.31 Å². The van der Waals surface area contributed by atoms with Crippen LogP contribution in [-0.2, 0) is 14.8 Å². The lowest BCUT2D eigenvalue weighted by Crippen LogP contribution is -2.44. The van der Waals surface area contributed by atoms with Crippen molar-refractivity contribution in [2.45, 2.75) is 17.9 Å². The summed E-state index contributed by atoms with van der Waals surface area (Å²) in [5.41, 5.74) is 6.08. The number of hydrogen-bond acceptors (Lipinski definition) is 4. The fourth-order valence-electron chi connectivity index (χ4n) is 1.86. The van der Waals surface area contributed by atoms with E-state index in [1.807, 2.05) is 6.92 Å². The highest BCUT2D eigenvalue weighted by molar-refractivity contribution is 9.10. The zero-order valence-corrected chi connectivity index (χ0v) is 12.4. The molecule has 2 N–H and O–H groups in total. The summed E-state index contributed by atoms with van der Waals surface area (Å²) < 4.78 is 32.3. The van der Waals surface area contributed by atoms with Crippen LogP contribution < -0.4 is 5.73 Å². The van der Waals surface area contributed by atoms with Crippen molar-refractivity contribution in [1.29, 1.82) is 0 Å². The van der Waals surface area contributed by atoms with Gasteiger partial charge in [-0.05, 0) is 41.1 Å². The molecule has 1 unspecified atom stereocenters. The number of nitrogens with two attached hydrogens (primary N) is 1. The number of sulfonamides is 1. The van der Waals surface area contributed by atoms with Gasteiger partial charge >= 0.3 is 0 Å². The second-order valence-electron chi connectivity index (χ2n) is 4.23. The van der Waals surface area contributed by atoms with Crippen molar-refractivity contribution >= 4 is 31.6 Å². The SMILES string of the molecule is CC1CN(S(=O)(=O)c2cc(N)ccc2Br)CCO1. The Morgan fingerprint density at radius 3 is 2.89 bits per heavy atom. The Hall–Kier alpha value is -0.630. The second kappa shape index (κ2) is 5.16. The maximum absolute atomic E-state index is 12.5. The normalized spacial score (nSPS) is 22.0. The number of nitrogen functional groups attached to an aromatic ring is 1. The Morgan fingerprint density at radius 2 is 2.22 bits per heavy atom. The third-order valence-electron chi connectivity index (χ3n) is 2.78. The predicted molar refractivity (Wildman–Crippen MR) is 72.7 cm³/mol. The molecule has 1 saturated heterocycles. The summed E-state index contributed by atoms with van der Waals surface area (Å²) in [6.45, 7) is 3.01. The maximum atomic E-state index is 12.5. The molecule has 7 heteroatoms. The van der Waals surface area contributed by atoms with Gasteiger partial charge in [0.15, 0.2) is 0 Å². The molecule has 0 radical (unpaired) electrons. The van der Waals surface area contributed by atoms with Crippen LogP contribution in [0.25, 0.3) is 0 Å². The first-order valence-electron chi connectivity index (χ1n) is 5.58. The summed E-state index contributed by atoms with van der Waals surface area (Å²) >= 11 is 3.26. The molecule has 18 heavy (non-hydrogen) atoms. The molecular weight excluding hydrogens is 320 g/mol. The topological polar surface area (TPSA) is 72.6 Å². The van der Waals surface area contributed by atoms with Gasteiger partial charge in [-0.1, -0.05) is 0 Å². The molecule has 1 aliphatic heterocycles. The molecule has 0 bridgehead atoms. The third kappa shape index (κ3) is 2.69. The lowest BCUT2D eigenvalue weighted by molar-refractivity contribution is 0.0102. The molecule has 1 aliphatic rings. The van der Waals surface area contributed by atoms with E-state index in [9.17, 15) is 8.42 Å². The van der Waals surface area contributed by atoms with Crippen LogP contribution in [0.5, 0.6) is 0 Å². The Labute approximate surface area is 115 Å². The minimum atomic E-state index is -3.52. The monoisotopic (exact) mass is 334 g/mol. The van der Waals surface area contributed by atoms with Crippen LogP contribution in [0.1, 0.15) is 6.92 Å². The summed E-state index contributed by atoms with van der Waals surface area (Å²) in [5, 5.41) is 0. The van der Waals surface area contributed by atoms with Crippen molar-refractivity contribution in [3.05, 3.63) is 22.7 Å². The minimum Gasteiger partial charge on any atom is -0.399 e. The average Bonchev–Trinajstić information content (AvgIpc) is 2.32. The van der Waals surface area contributed by atoms with Crippen molar-refractivity contribution in [2.75, 3.05) is 25.4 Å². The van der Waals surface area contributed by atoms with E-state index < -0.39 is 10.0 Å². The molecule has 100 valence electrons. The minimum absolute atomic E-state index is 0.0895. The fraction of sp³-hybridized carbons (Fsp3) is 0.455. The standard InChI is InChI=1S/C11H15BrN2O3S/c1-8-7-14(4-5-17-8)18(15,16)11-6-9(13)2-3-10(11)12/h2-3,6,8H,4-5,7,13H2,1H3. The molecule has 5 nitrogen and oxygen atoms in total. The van der Waals surface area contributed by atoms with Crippen LogP contribution in [0.3, 0.4) is 0 Å². The Balaban J connectivity index is 2.38. The molecular formula is C11H15BrN2O3S. The molecule has 0 aromatic heterocycles. The number of benzene rings is 1. The zero-order valence-electron chi connectivity index (χ0n) is 9.97. The number of nitrogens with zero attached hydrogens (tertiary/aromatic N) is 1. The lowest BCUT2D eigenvalue weighted by Gasteiger charge is -2.30. The highest BCUT2D eigenvalue weighted by Crippen LogP contribution is 2.28. The fourth-order valence-corrected chi connectivity index (χ4v) is 4.32. The number of halogens is 1. The number of ether oxygens (including phenoxy) is 1. The van der Waals surface area contributed by atoms with Gasteiger partial charge in [0.1, 0.15) is 0 Å². The van der Waals surface area contributed by atoms with Crippen molar-refractivity contribution in [3.63, 3.8) is 0 Å². The maximum Gasteiger partial charge on any atom is 0.244 e. The van der Waals surface area contributed by atoms with Crippen LogP contribution in [0.4, 0.5) is 5.69 Å². The van der Waals surface area contributed by atoms with E-state index >= 15 is 0 Å². The van der Waals surface area contributed by atoms with Crippen molar-refractivity contribution in [1.82, 2.24) is 4.31 Å². The Bertz CT molecular complexity index is 547. The van der Waals surface area contributed by atoms with E-state index in [0.717, 1.165) is 0 Å². The van der Waals surface area contributed by atoms with E-state index in [2.05, 4.69) is 15.9 Å². The number of hydrogen-bond donors (Lipinski definition) is 1.